The number of likely N-dealkylation sites (tertiary alicyclic amines) is 1. The molecular formula is C18H18N4O3. The molecule has 128 valence electrons. The van der Waals surface area contributed by atoms with E-state index in [9.17, 15) is 14.7 Å². The molecule has 3 heterocycles. The number of aromatic nitrogens is 3. The topological polar surface area (TPSA) is 91.2 Å². The first kappa shape index (κ1) is 15.4. The number of piperidine rings is 1. The quantitative estimate of drug-likeness (QED) is 0.765. The number of carbonyl (C=O) groups is 2. The molecule has 1 aliphatic heterocycles. The summed E-state index contributed by atoms with van der Waals surface area (Å²) in [5, 5.41) is 10.7. The normalized spacial score (nSPS) is 16.9. The van der Waals surface area contributed by atoms with Crippen LogP contribution in [-0.2, 0) is 10.3 Å². The number of nitrogens with one attached hydrogen (secondary N) is 1. The van der Waals surface area contributed by atoms with Gasteiger partial charge in [-0.2, -0.15) is 0 Å². The summed E-state index contributed by atoms with van der Waals surface area (Å²) in [6, 6.07) is 7.48. The Kier molecular flexibility index (Phi) is 3.56. The minimum atomic E-state index is -1.03. The fraction of sp³-hybridized carbons (Fsp3) is 0.278. The van der Waals surface area contributed by atoms with Crippen LogP contribution in [0.15, 0.2) is 49.2 Å². The van der Waals surface area contributed by atoms with Crippen LogP contribution >= 0.6 is 0 Å². The maximum atomic E-state index is 12.8. The van der Waals surface area contributed by atoms with Crippen LogP contribution in [0.1, 0.15) is 23.2 Å². The predicted molar refractivity (Wildman–Crippen MR) is 91.3 cm³/mol. The smallest absolute Gasteiger partial charge is 0.330 e. The van der Waals surface area contributed by atoms with Gasteiger partial charge in [0, 0.05) is 48.1 Å². The molecule has 0 bridgehead atoms. The number of carbonyl (C=O) groups excluding carboxylic acids is 1. The average molecular weight is 338 g/mol. The second-order valence-corrected chi connectivity index (χ2v) is 6.38. The Hall–Kier alpha value is -3.09. The Labute approximate surface area is 143 Å². The summed E-state index contributed by atoms with van der Waals surface area (Å²) in [5.41, 5.74) is 0.579. The number of hydrogen-bond donors (Lipinski definition) is 2. The lowest BCUT2D eigenvalue weighted by Gasteiger charge is -2.39. The van der Waals surface area contributed by atoms with Crippen molar-refractivity contribution >= 4 is 22.8 Å². The van der Waals surface area contributed by atoms with Gasteiger partial charge in [-0.1, -0.05) is 0 Å². The van der Waals surface area contributed by atoms with E-state index in [0.717, 1.165) is 10.9 Å². The zero-order chi connectivity index (χ0) is 17.4. The van der Waals surface area contributed by atoms with E-state index in [0.29, 0.717) is 31.5 Å². The van der Waals surface area contributed by atoms with Crippen LogP contribution in [0.25, 0.3) is 10.9 Å². The van der Waals surface area contributed by atoms with Crippen LogP contribution in [0.5, 0.6) is 0 Å². The molecule has 1 aliphatic rings. The first-order chi connectivity index (χ1) is 12.1. The predicted octanol–water partition coefficient (Wildman–Crippen LogP) is 2.08. The Bertz CT molecular complexity index is 921. The van der Waals surface area contributed by atoms with Gasteiger partial charge in [-0.25, -0.2) is 9.78 Å². The van der Waals surface area contributed by atoms with Crippen molar-refractivity contribution in [1.29, 1.82) is 0 Å². The summed E-state index contributed by atoms with van der Waals surface area (Å²) in [6.07, 6.45) is 7.34. The van der Waals surface area contributed by atoms with Crippen molar-refractivity contribution in [2.24, 2.45) is 0 Å². The van der Waals surface area contributed by atoms with Gasteiger partial charge in [0.2, 0.25) is 0 Å². The molecule has 0 atom stereocenters. The fourth-order valence-electron chi connectivity index (χ4n) is 3.54. The van der Waals surface area contributed by atoms with Crippen LogP contribution < -0.4 is 0 Å². The second kappa shape index (κ2) is 5.77. The number of fused-ring (bicyclic) bond motifs is 1. The number of aromatic amines is 1. The molecule has 2 N–H and O–H groups in total. The maximum absolute atomic E-state index is 12.8. The standard InChI is InChI=1S/C18H18N4O3/c23-16(14-1-2-15-13(11-14)3-6-20-15)21-8-4-18(5-9-21,17(24)25)22-10-7-19-12-22/h1-3,6-7,10-12,20H,4-5,8-9H2,(H,24,25). The molecule has 4 rings (SSSR count). The van der Waals surface area contributed by atoms with Crippen molar-refractivity contribution in [2.75, 3.05) is 13.1 Å². The van der Waals surface area contributed by atoms with Gasteiger partial charge >= 0.3 is 5.97 Å². The molecule has 0 saturated carbocycles. The van der Waals surface area contributed by atoms with Gasteiger partial charge in [0.25, 0.3) is 5.91 Å². The number of benzene rings is 1. The minimum Gasteiger partial charge on any atom is -0.479 e. The second-order valence-electron chi connectivity index (χ2n) is 6.38. The fourth-order valence-corrected chi connectivity index (χ4v) is 3.54. The van der Waals surface area contributed by atoms with Gasteiger partial charge < -0.3 is 19.6 Å². The molecule has 3 aromatic rings. The van der Waals surface area contributed by atoms with Gasteiger partial charge in [0.15, 0.2) is 0 Å². The third kappa shape index (κ3) is 2.48. The summed E-state index contributed by atoms with van der Waals surface area (Å²) in [6.45, 7) is 0.795. The Morgan fingerprint density at radius 1 is 1.20 bits per heavy atom. The van der Waals surface area contributed by atoms with Gasteiger partial charge in [-0.15, -0.1) is 0 Å². The van der Waals surface area contributed by atoms with E-state index in [4.69, 9.17) is 0 Å². The van der Waals surface area contributed by atoms with Gasteiger partial charge in [0.1, 0.15) is 5.54 Å². The van der Waals surface area contributed by atoms with E-state index in [1.165, 1.54) is 6.33 Å². The molecule has 0 aliphatic carbocycles. The molecule has 1 amide bonds. The van der Waals surface area contributed by atoms with Gasteiger partial charge in [-0.3, -0.25) is 4.79 Å². The van der Waals surface area contributed by atoms with Crippen molar-refractivity contribution in [3.05, 3.63) is 54.7 Å². The molecule has 1 saturated heterocycles. The Morgan fingerprint density at radius 2 is 2.00 bits per heavy atom. The molecule has 25 heavy (non-hydrogen) atoms. The van der Waals surface area contributed by atoms with E-state index in [1.54, 1.807) is 27.9 Å². The van der Waals surface area contributed by atoms with Gasteiger partial charge in [-0.05, 0) is 37.1 Å². The Balaban J connectivity index is 1.54. The molecule has 2 aromatic heterocycles. The molecule has 0 radical (unpaired) electrons. The van der Waals surface area contributed by atoms with Crippen LogP contribution in [0.2, 0.25) is 0 Å². The van der Waals surface area contributed by atoms with Crippen molar-refractivity contribution in [1.82, 2.24) is 19.4 Å². The number of hydrogen-bond acceptors (Lipinski definition) is 3. The SMILES string of the molecule is O=C(c1ccc2[nH]ccc2c1)N1CCC(C(=O)O)(n2ccnc2)CC1. The summed E-state index contributed by atoms with van der Waals surface area (Å²) in [7, 11) is 0. The van der Waals surface area contributed by atoms with Crippen molar-refractivity contribution < 1.29 is 14.7 Å². The average Bonchev–Trinajstić information content (AvgIpc) is 3.32. The molecule has 0 spiro atoms. The number of carboxylic acid groups (broad SMARTS) is 1. The minimum absolute atomic E-state index is 0.0623. The van der Waals surface area contributed by atoms with Crippen molar-refractivity contribution in [3.8, 4) is 0 Å². The number of amides is 1. The van der Waals surface area contributed by atoms with E-state index in [2.05, 4.69) is 9.97 Å². The first-order valence-corrected chi connectivity index (χ1v) is 8.18. The van der Waals surface area contributed by atoms with Crippen LogP contribution in [0.3, 0.4) is 0 Å². The first-order valence-electron chi connectivity index (χ1n) is 8.18. The monoisotopic (exact) mass is 338 g/mol. The van der Waals surface area contributed by atoms with Crippen molar-refractivity contribution in [3.63, 3.8) is 0 Å². The largest absolute Gasteiger partial charge is 0.479 e. The Morgan fingerprint density at radius 3 is 2.68 bits per heavy atom. The van der Waals surface area contributed by atoms with Crippen LogP contribution in [-0.4, -0.2) is 49.5 Å². The maximum Gasteiger partial charge on any atom is 0.330 e. The number of carboxylic acids is 1. The summed E-state index contributed by atoms with van der Waals surface area (Å²) in [4.78, 5) is 33.5. The third-order valence-corrected chi connectivity index (χ3v) is 5.07. The molecule has 7 nitrogen and oxygen atoms in total. The highest BCUT2D eigenvalue weighted by Crippen LogP contribution is 2.31. The number of imidazole rings is 1. The number of H-pyrrole nitrogens is 1. The van der Waals surface area contributed by atoms with Gasteiger partial charge in [0.05, 0.1) is 6.33 Å². The lowest BCUT2D eigenvalue weighted by molar-refractivity contribution is -0.150. The lowest BCUT2D eigenvalue weighted by Crippen LogP contribution is -2.52. The molecule has 0 unspecified atom stereocenters. The zero-order valence-corrected chi connectivity index (χ0v) is 13.6. The molecule has 1 aromatic carbocycles. The lowest BCUT2D eigenvalue weighted by atomic mass is 9.87. The highest BCUT2D eigenvalue weighted by Gasteiger charge is 2.44. The summed E-state index contributed by atoms with van der Waals surface area (Å²) >= 11 is 0. The van der Waals surface area contributed by atoms with Crippen molar-refractivity contribution in [2.45, 2.75) is 18.4 Å². The van der Waals surface area contributed by atoms with E-state index in [1.807, 2.05) is 24.4 Å². The van der Waals surface area contributed by atoms with E-state index < -0.39 is 11.5 Å². The number of nitrogens with zero attached hydrogens (tertiary/aromatic N) is 3. The van der Waals surface area contributed by atoms with E-state index in [-0.39, 0.29) is 5.91 Å². The van der Waals surface area contributed by atoms with E-state index >= 15 is 0 Å². The number of aliphatic carboxylic acids is 1. The third-order valence-electron chi connectivity index (χ3n) is 5.07. The molecule has 1 fully saturated rings. The van der Waals surface area contributed by atoms with Crippen LogP contribution in [0.4, 0.5) is 0 Å². The summed E-state index contributed by atoms with van der Waals surface area (Å²) < 4.78 is 1.64. The zero-order valence-electron chi connectivity index (χ0n) is 13.6. The highest BCUT2D eigenvalue weighted by atomic mass is 16.4. The summed E-state index contributed by atoms with van der Waals surface area (Å²) in [5.74, 6) is -0.945. The highest BCUT2D eigenvalue weighted by molar-refractivity contribution is 5.98. The molecule has 7 heteroatoms. The number of rotatable bonds is 3. The molecular weight excluding hydrogens is 320 g/mol. The van der Waals surface area contributed by atoms with Crippen LogP contribution in [0, 0.1) is 0 Å².